The Bertz CT molecular complexity index is 368. The molecular weight excluding hydrogens is 230 g/mol. The molecule has 0 aliphatic carbocycles. The molecule has 0 aromatic carbocycles. The second-order valence-corrected chi connectivity index (χ2v) is 3.50. The summed E-state index contributed by atoms with van der Waals surface area (Å²) in [4.78, 5) is 10.4. The minimum absolute atomic E-state index is 0.151. The lowest BCUT2D eigenvalue weighted by Gasteiger charge is -2.08. The maximum absolute atomic E-state index is 12.3. The van der Waals surface area contributed by atoms with Gasteiger partial charge < -0.3 is 5.11 Å². The fraction of sp³-hybridized carbons (Fsp3) is 0.500. The van der Waals surface area contributed by atoms with Crippen LogP contribution in [-0.2, 0) is 4.79 Å². The highest BCUT2D eigenvalue weighted by Gasteiger charge is 2.19. The van der Waals surface area contributed by atoms with Crippen molar-refractivity contribution in [3.8, 4) is 0 Å². The Morgan fingerprint density at radius 2 is 2.33 bits per heavy atom. The van der Waals surface area contributed by atoms with E-state index in [1.165, 1.54) is 6.20 Å². The fourth-order valence-electron chi connectivity index (χ4n) is 1.10. The van der Waals surface area contributed by atoms with E-state index in [0.29, 0.717) is 0 Å². The average molecular weight is 239 g/mol. The van der Waals surface area contributed by atoms with Crippen molar-refractivity contribution in [3.05, 3.63) is 16.9 Å². The van der Waals surface area contributed by atoms with Crippen molar-refractivity contribution in [1.82, 2.24) is 9.78 Å². The van der Waals surface area contributed by atoms with E-state index in [2.05, 4.69) is 5.10 Å². The van der Waals surface area contributed by atoms with E-state index in [1.54, 1.807) is 6.92 Å². The van der Waals surface area contributed by atoms with E-state index in [1.807, 2.05) is 0 Å². The van der Waals surface area contributed by atoms with Gasteiger partial charge in [-0.25, -0.2) is 8.78 Å². The Morgan fingerprint density at radius 3 is 2.73 bits per heavy atom. The molecule has 1 N–H and O–H groups in total. The van der Waals surface area contributed by atoms with Crippen LogP contribution in [0.5, 0.6) is 0 Å². The highest BCUT2D eigenvalue weighted by atomic mass is 35.5. The Kier molecular flexibility index (Phi) is 3.62. The summed E-state index contributed by atoms with van der Waals surface area (Å²) in [6.07, 6.45) is -1.74. The van der Waals surface area contributed by atoms with Crippen LogP contribution < -0.4 is 0 Å². The van der Waals surface area contributed by atoms with Crippen LogP contribution in [0.1, 0.15) is 31.5 Å². The minimum atomic E-state index is -2.75. The number of carbonyl (C=O) groups is 1. The lowest BCUT2D eigenvalue weighted by molar-refractivity contribution is -0.137. The monoisotopic (exact) mass is 238 g/mol. The number of aliphatic carboxylic acids is 1. The van der Waals surface area contributed by atoms with E-state index in [-0.39, 0.29) is 11.4 Å². The van der Waals surface area contributed by atoms with Gasteiger partial charge in [0, 0.05) is 6.20 Å². The molecule has 1 rings (SSSR count). The number of carboxylic acids is 1. The van der Waals surface area contributed by atoms with Crippen molar-refractivity contribution in [1.29, 1.82) is 0 Å². The number of alkyl halides is 2. The summed E-state index contributed by atoms with van der Waals surface area (Å²) >= 11 is 5.51. The first-order valence-electron chi connectivity index (χ1n) is 4.16. The Balaban J connectivity index is 2.87. The van der Waals surface area contributed by atoms with E-state index >= 15 is 0 Å². The van der Waals surface area contributed by atoms with E-state index < -0.39 is 24.1 Å². The van der Waals surface area contributed by atoms with Gasteiger partial charge in [0.25, 0.3) is 6.43 Å². The molecule has 0 unspecified atom stereocenters. The third-order valence-corrected chi connectivity index (χ3v) is 2.13. The van der Waals surface area contributed by atoms with Gasteiger partial charge in [-0.2, -0.15) is 5.10 Å². The molecule has 84 valence electrons. The van der Waals surface area contributed by atoms with Crippen LogP contribution in [-0.4, -0.2) is 20.9 Å². The summed E-state index contributed by atoms with van der Waals surface area (Å²) < 4.78 is 25.7. The number of hydrogen-bond donors (Lipinski definition) is 1. The van der Waals surface area contributed by atoms with Crippen molar-refractivity contribution < 1.29 is 18.7 Å². The zero-order valence-corrected chi connectivity index (χ0v) is 8.58. The molecule has 0 spiro atoms. The molecule has 0 fully saturated rings. The summed E-state index contributed by atoms with van der Waals surface area (Å²) in [5.41, 5.74) is -0.520. The van der Waals surface area contributed by atoms with Crippen molar-refractivity contribution in [2.24, 2.45) is 0 Å². The number of carboxylic acid groups (broad SMARTS) is 1. The summed E-state index contributed by atoms with van der Waals surface area (Å²) in [5.74, 6) is -1.02. The van der Waals surface area contributed by atoms with Gasteiger partial charge in [0.1, 0.15) is 5.69 Å². The third kappa shape index (κ3) is 2.89. The second kappa shape index (κ2) is 4.57. The lowest BCUT2D eigenvalue weighted by atomic mass is 10.2. The van der Waals surface area contributed by atoms with Crippen LogP contribution in [0.25, 0.3) is 0 Å². The van der Waals surface area contributed by atoms with Crippen LogP contribution in [0, 0.1) is 0 Å². The average Bonchev–Trinajstić information content (AvgIpc) is 2.46. The molecule has 7 heteroatoms. The third-order valence-electron chi connectivity index (χ3n) is 1.84. The van der Waals surface area contributed by atoms with E-state index in [0.717, 1.165) is 4.68 Å². The van der Waals surface area contributed by atoms with Crippen LogP contribution in [0.3, 0.4) is 0 Å². The molecule has 0 bridgehead atoms. The summed E-state index contributed by atoms with van der Waals surface area (Å²) in [6.45, 7) is 1.56. The largest absolute Gasteiger partial charge is 0.481 e. The van der Waals surface area contributed by atoms with Gasteiger partial charge in [-0.15, -0.1) is 0 Å². The SMILES string of the molecule is C[C@@H](CC(=O)O)n1cc(Cl)c(C(F)F)n1. The second-order valence-electron chi connectivity index (χ2n) is 3.09. The molecule has 15 heavy (non-hydrogen) atoms. The van der Waals surface area contributed by atoms with Crippen LogP contribution in [0.4, 0.5) is 8.78 Å². The van der Waals surface area contributed by atoms with Gasteiger partial charge >= 0.3 is 5.97 Å². The zero-order chi connectivity index (χ0) is 11.6. The predicted octanol–water partition coefficient (Wildman–Crippen LogP) is 2.51. The standard InChI is InChI=1S/C8H9ClF2N2O2/c1-4(2-6(14)15)13-3-5(9)7(12-13)8(10)11/h3-4,8H,2H2,1H3,(H,14,15)/t4-/m0/s1. The van der Waals surface area contributed by atoms with Crippen molar-refractivity contribution in [3.63, 3.8) is 0 Å². The molecule has 0 saturated carbocycles. The number of rotatable bonds is 4. The van der Waals surface area contributed by atoms with Gasteiger partial charge in [-0.1, -0.05) is 11.6 Å². The number of aromatic nitrogens is 2. The number of hydrogen-bond acceptors (Lipinski definition) is 2. The summed E-state index contributed by atoms with van der Waals surface area (Å²) in [6, 6.07) is -0.507. The molecular formula is C8H9ClF2N2O2. The predicted molar refractivity (Wildman–Crippen MR) is 49.2 cm³/mol. The van der Waals surface area contributed by atoms with Crippen LogP contribution >= 0.6 is 11.6 Å². The highest BCUT2D eigenvalue weighted by Crippen LogP contribution is 2.26. The Hall–Kier alpha value is -1.17. The quantitative estimate of drug-likeness (QED) is 0.877. The van der Waals surface area contributed by atoms with Gasteiger partial charge in [-0.3, -0.25) is 9.48 Å². The first-order chi connectivity index (χ1) is 6.91. The minimum Gasteiger partial charge on any atom is -0.481 e. The van der Waals surface area contributed by atoms with Crippen LogP contribution in [0.2, 0.25) is 5.02 Å². The van der Waals surface area contributed by atoms with Crippen molar-refractivity contribution in [2.75, 3.05) is 0 Å². The van der Waals surface area contributed by atoms with Crippen molar-refractivity contribution >= 4 is 17.6 Å². The number of halogens is 3. The summed E-state index contributed by atoms with van der Waals surface area (Å²) in [7, 11) is 0. The maximum Gasteiger partial charge on any atom is 0.305 e. The highest BCUT2D eigenvalue weighted by molar-refractivity contribution is 6.31. The molecule has 1 atom stereocenters. The maximum atomic E-state index is 12.3. The smallest absolute Gasteiger partial charge is 0.305 e. The molecule has 0 aliphatic heterocycles. The van der Waals surface area contributed by atoms with Gasteiger partial charge in [0.15, 0.2) is 0 Å². The molecule has 1 aromatic heterocycles. The molecule has 0 saturated heterocycles. The van der Waals surface area contributed by atoms with Crippen molar-refractivity contribution in [2.45, 2.75) is 25.8 Å². The molecule has 1 aromatic rings. The van der Waals surface area contributed by atoms with Gasteiger partial charge in [0.05, 0.1) is 17.5 Å². The molecule has 4 nitrogen and oxygen atoms in total. The van der Waals surface area contributed by atoms with E-state index in [4.69, 9.17) is 16.7 Å². The first-order valence-corrected chi connectivity index (χ1v) is 4.54. The molecule has 0 amide bonds. The Morgan fingerprint density at radius 1 is 1.73 bits per heavy atom. The lowest BCUT2D eigenvalue weighted by Crippen LogP contribution is -2.11. The van der Waals surface area contributed by atoms with Gasteiger partial charge in [-0.05, 0) is 6.92 Å². The first kappa shape index (κ1) is 11.9. The molecule has 0 aliphatic rings. The van der Waals surface area contributed by atoms with E-state index in [9.17, 15) is 13.6 Å². The molecule has 1 heterocycles. The zero-order valence-electron chi connectivity index (χ0n) is 7.82. The topological polar surface area (TPSA) is 55.1 Å². The van der Waals surface area contributed by atoms with Gasteiger partial charge in [0.2, 0.25) is 0 Å². The summed E-state index contributed by atoms with van der Waals surface area (Å²) in [5, 5.41) is 11.9. The normalized spacial score (nSPS) is 13.1. The fourth-order valence-corrected chi connectivity index (χ4v) is 1.32. The van der Waals surface area contributed by atoms with Crippen LogP contribution in [0.15, 0.2) is 6.20 Å². The molecule has 0 radical (unpaired) electrons. The Labute approximate surface area is 89.5 Å². The number of nitrogens with zero attached hydrogens (tertiary/aromatic N) is 2.